The molecule has 1 aromatic heterocycles. The number of nitrogens with one attached hydrogen (secondary N) is 1. The summed E-state index contributed by atoms with van der Waals surface area (Å²) >= 11 is 8.69. The van der Waals surface area contributed by atoms with E-state index >= 15 is 0 Å². The number of anilines is 1. The van der Waals surface area contributed by atoms with Crippen LogP contribution >= 0.6 is 27.5 Å². The molecule has 0 spiro atoms. The van der Waals surface area contributed by atoms with Crippen molar-refractivity contribution in [1.29, 1.82) is 0 Å². The zero-order chi connectivity index (χ0) is 9.64. The first-order chi connectivity index (χ1) is 6.00. The monoisotopic (exact) mass is 268 g/mol. The van der Waals surface area contributed by atoms with Crippen LogP contribution in [0, 0.1) is 0 Å². The van der Waals surface area contributed by atoms with Gasteiger partial charge in [0.2, 0.25) is 0 Å². The second kappa shape index (κ2) is 2.78. The number of alkyl halides is 2. The molecule has 0 aromatic carbocycles. The topological polar surface area (TPSA) is 24.9 Å². The average molecular weight is 269 g/mol. The molecule has 0 fully saturated rings. The van der Waals surface area contributed by atoms with Gasteiger partial charge in [-0.15, -0.1) is 0 Å². The first kappa shape index (κ1) is 9.15. The van der Waals surface area contributed by atoms with Gasteiger partial charge in [-0.3, -0.25) is 0 Å². The molecule has 2 rings (SSSR count). The van der Waals surface area contributed by atoms with Gasteiger partial charge in [-0.25, -0.2) is 4.98 Å². The molecule has 1 aliphatic rings. The van der Waals surface area contributed by atoms with Crippen LogP contribution < -0.4 is 5.32 Å². The molecule has 0 saturated heterocycles. The van der Waals surface area contributed by atoms with Crippen LogP contribution in [-0.4, -0.2) is 11.5 Å². The summed E-state index contributed by atoms with van der Waals surface area (Å²) < 4.78 is 26.6. The molecule has 0 atom stereocenters. The largest absolute Gasteiger partial charge is 0.363 e. The minimum Gasteiger partial charge on any atom is -0.363 e. The molecule has 13 heavy (non-hydrogen) atoms. The summed E-state index contributed by atoms with van der Waals surface area (Å²) in [6.45, 7) is -0.415. The number of hydrogen-bond acceptors (Lipinski definition) is 2. The normalized spacial score (nSPS) is 18.2. The van der Waals surface area contributed by atoms with Gasteiger partial charge in [-0.05, 0) is 22.0 Å². The van der Waals surface area contributed by atoms with Gasteiger partial charge < -0.3 is 5.32 Å². The summed E-state index contributed by atoms with van der Waals surface area (Å²) in [5, 5.41) is 2.68. The summed E-state index contributed by atoms with van der Waals surface area (Å²) in [6.07, 6.45) is 0. The third-order valence-electron chi connectivity index (χ3n) is 1.81. The number of fused-ring (bicyclic) bond motifs is 1. The summed E-state index contributed by atoms with van der Waals surface area (Å²) in [5.74, 6) is -2.69. The van der Waals surface area contributed by atoms with Crippen LogP contribution in [-0.2, 0) is 5.92 Å². The van der Waals surface area contributed by atoms with E-state index in [1.807, 2.05) is 0 Å². The predicted molar refractivity (Wildman–Crippen MR) is 49.3 cm³/mol. The maximum Gasteiger partial charge on any atom is 0.293 e. The fourth-order valence-electron chi connectivity index (χ4n) is 1.17. The highest BCUT2D eigenvalue weighted by Crippen LogP contribution is 2.40. The van der Waals surface area contributed by atoms with Crippen LogP contribution in [0.5, 0.6) is 0 Å². The quantitative estimate of drug-likeness (QED) is 0.732. The highest BCUT2D eigenvalue weighted by molar-refractivity contribution is 9.10. The van der Waals surface area contributed by atoms with Crippen LogP contribution in [0.1, 0.15) is 5.56 Å². The third-order valence-corrected chi connectivity index (χ3v) is 2.93. The lowest BCUT2D eigenvalue weighted by molar-refractivity contribution is 0.0184. The molecule has 2 nitrogen and oxygen atoms in total. The molecule has 0 radical (unpaired) electrons. The molecule has 0 aliphatic carbocycles. The molecule has 2 heterocycles. The minimum absolute atomic E-state index is 0.108. The van der Waals surface area contributed by atoms with Gasteiger partial charge in [0.25, 0.3) is 5.92 Å². The van der Waals surface area contributed by atoms with Gasteiger partial charge in [-0.2, -0.15) is 8.78 Å². The van der Waals surface area contributed by atoms with E-state index in [9.17, 15) is 8.78 Å². The van der Waals surface area contributed by atoms with E-state index in [4.69, 9.17) is 11.6 Å². The first-order valence-electron chi connectivity index (χ1n) is 3.49. The molecule has 70 valence electrons. The molecule has 1 N–H and O–H groups in total. The minimum atomic E-state index is -2.85. The zero-order valence-electron chi connectivity index (χ0n) is 6.24. The number of halogens is 4. The van der Waals surface area contributed by atoms with Crippen molar-refractivity contribution >= 4 is 33.3 Å². The standard InChI is InChI=1S/C7H4BrClF2N2/c8-4-1-3-6(13-5(4)9)12-2-7(3,10)11/h1H,2H2,(H,12,13). The molecule has 1 aromatic rings. The second-order valence-corrected chi connectivity index (χ2v) is 3.93. The van der Waals surface area contributed by atoms with Crippen LogP contribution in [0.2, 0.25) is 5.15 Å². The van der Waals surface area contributed by atoms with Crippen molar-refractivity contribution in [2.75, 3.05) is 11.9 Å². The first-order valence-corrected chi connectivity index (χ1v) is 4.66. The van der Waals surface area contributed by atoms with Crippen molar-refractivity contribution in [3.8, 4) is 0 Å². The number of aromatic nitrogens is 1. The highest BCUT2D eigenvalue weighted by atomic mass is 79.9. The van der Waals surface area contributed by atoms with Crippen molar-refractivity contribution in [3.63, 3.8) is 0 Å². The maximum absolute atomic E-state index is 13.1. The Bertz CT molecular complexity index is 370. The van der Waals surface area contributed by atoms with Crippen molar-refractivity contribution < 1.29 is 8.78 Å². The fourth-order valence-corrected chi connectivity index (χ4v) is 1.63. The van der Waals surface area contributed by atoms with Crippen molar-refractivity contribution in [2.24, 2.45) is 0 Å². The zero-order valence-corrected chi connectivity index (χ0v) is 8.59. The summed E-state index contributed by atoms with van der Waals surface area (Å²) in [4.78, 5) is 3.78. The van der Waals surface area contributed by atoms with Crippen molar-refractivity contribution in [2.45, 2.75) is 5.92 Å². The lowest BCUT2D eigenvalue weighted by atomic mass is 10.2. The van der Waals surface area contributed by atoms with Gasteiger partial charge in [0, 0.05) is 0 Å². The van der Waals surface area contributed by atoms with E-state index in [0.717, 1.165) is 0 Å². The van der Waals surface area contributed by atoms with Gasteiger partial charge in [0.05, 0.1) is 16.6 Å². The highest BCUT2D eigenvalue weighted by Gasteiger charge is 2.40. The second-order valence-electron chi connectivity index (χ2n) is 2.72. The molecular weight excluding hydrogens is 265 g/mol. The van der Waals surface area contributed by atoms with Crippen LogP contribution in [0.15, 0.2) is 10.5 Å². The summed E-state index contributed by atoms with van der Waals surface area (Å²) in [7, 11) is 0. The Morgan fingerprint density at radius 3 is 3.00 bits per heavy atom. The van der Waals surface area contributed by atoms with Crippen molar-refractivity contribution in [3.05, 3.63) is 21.3 Å². The Kier molecular flexibility index (Phi) is 1.96. The molecule has 0 bridgehead atoms. The number of hydrogen-bond donors (Lipinski definition) is 1. The molecule has 6 heteroatoms. The van der Waals surface area contributed by atoms with Gasteiger partial charge in [-0.1, -0.05) is 11.6 Å². The molecular formula is C7H4BrClF2N2. The Labute approximate surface area is 86.4 Å². The van der Waals surface area contributed by atoms with E-state index in [1.54, 1.807) is 0 Å². The maximum atomic E-state index is 13.1. The molecule has 0 amide bonds. The number of nitrogens with zero attached hydrogens (tertiary/aromatic N) is 1. The Hall–Kier alpha value is -0.420. The summed E-state index contributed by atoms with van der Waals surface area (Å²) in [6, 6.07) is 1.30. The van der Waals surface area contributed by atoms with E-state index in [2.05, 4.69) is 26.2 Å². The number of pyridine rings is 1. The Balaban J connectivity index is 2.61. The Morgan fingerprint density at radius 2 is 2.31 bits per heavy atom. The van der Waals surface area contributed by atoms with Gasteiger partial charge in [0.15, 0.2) is 0 Å². The lowest BCUT2D eigenvalue weighted by Gasteiger charge is -2.07. The Morgan fingerprint density at radius 1 is 1.62 bits per heavy atom. The summed E-state index contributed by atoms with van der Waals surface area (Å²) in [5.41, 5.74) is -0.108. The fraction of sp³-hybridized carbons (Fsp3) is 0.286. The van der Waals surface area contributed by atoms with Crippen molar-refractivity contribution in [1.82, 2.24) is 4.98 Å². The van der Waals surface area contributed by atoms with Crippen LogP contribution in [0.3, 0.4) is 0 Å². The van der Waals surface area contributed by atoms with Gasteiger partial charge >= 0.3 is 0 Å². The smallest absolute Gasteiger partial charge is 0.293 e. The van der Waals surface area contributed by atoms with E-state index < -0.39 is 12.5 Å². The predicted octanol–water partition coefficient (Wildman–Crippen LogP) is 3.01. The SMILES string of the molecule is FC1(F)CNc2nc(Cl)c(Br)cc21. The van der Waals surface area contributed by atoms with Crippen LogP contribution in [0.4, 0.5) is 14.6 Å². The lowest BCUT2D eigenvalue weighted by Crippen LogP contribution is -2.15. The van der Waals surface area contributed by atoms with Gasteiger partial charge in [0.1, 0.15) is 11.0 Å². The average Bonchev–Trinajstić information content (AvgIpc) is 2.31. The van der Waals surface area contributed by atoms with E-state index in [1.165, 1.54) is 6.07 Å². The van der Waals surface area contributed by atoms with E-state index in [0.29, 0.717) is 4.47 Å². The van der Waals surface area contributed by atoms with Crippen LogP contribution in [0.25, 0.3) is 0 Å². The number of rotatable bonds is 0. The van der Waals surface area contributed by atoms with E-state index in [-0.39, 0.29) is 16.5 Å². The molecule has 0 saturated carbocycles. The molecule has 0 unspecified atom stereocenters. The third kappa shape index (κ3) is 1.40. The molecule has 1 aliphatic heterocycles.